The average molecular weight is 287 g/mol. The van der Waals surface area contributed by atoms with Crippen molar-refractivity contribution >= 4 is 5.97 Å². The summed E-state index contributed by atoms with van der Waals surface area (Å²) in [7, 11) is 1.44. The number of carbonyl (C=O) groups is 1. The van der Waals surface area contributed by atoms with E-state index in [0.717, 1.165) is 32.2 Å². The Labute approximate surface area is 124 Å². The highest BCUT2D eigenvalue weighted by atomic mass is 16.5. The Morgan fingerprint density at radius 3 is 2.45 bits per heavy atom. The first-order chi connectivity index (χ1) is 9.35. The van der Waals surface area contributed by atoms with Crippen molar-refractivity contribution in [2.75, 3.05) is 20.3 Å². The molecule has 0 amide bonds. The molecule has 0 aromatic heterocycles. The summed E-state index contributed by atoms with van der Waals surface area (Å²) in [5.41, 5.74) is -0.602. The van der Waals surface area contributed by atoms with E-state index in [9.17, 15) is 4.79 Å². The molecule has 0 bridgehead atoms. The Hall–Kier alpha value is -0.610. The van der Waals surface area contributed by atoms with E-state index in [-0.39, 0.29) is 12.1 Å². The molecule has 120 valence electrons. The summed E-state index contributed by atoms with van der Waals surface area (Å²) in [6, 6.07) is 0. The van der Waals surface area contributed by atoms with Crippen LogP contribution in [0.15, 0.2) is 0 Å². The minimum Gasteiger partial charge on any atom is -0.468 e. The summed E-state index contributed by atoms with van der Waals surface area (Å²) >= 11 is 0. The van der Waals surface area contributed by atoms with Crippen molar-refractivity contribution in [1.29, 1.82) is 0 Å². The van der Waals surface area contributed by atoms with Crippen LogP contribution in [0, 0.1) is 5.92 Å². The van der Waals surface area contributed by atoms with Crippen molar-refractivity contribution in [2.24, 2.45) is 5.92 Å². The fourth-order valence-corrected chi connectivity index (χ4v) is 2.33. The smallest absolute Gasteiger partial charge is 0.325 e. The van der Waals surface area contributed by atoms with Crippen LogP contribution in [0.3, 0.4) is 0 Å². The van der Waals surface area contributed by atoms with Gasteiger partial charge in [-0.15, -0.1) is 0 Å². The molecule has 0 rings (SSSR count). The quantitative estimate of drug-likeness (QED) is 0.468. The lowest BCUT2D eigenvalue weighted by Gasteiger charge is -2.28. The first-order valence-corrected chi connectivity index (χ1v) is 7.80. The van der Waals surface area contributed by atoms with Crippen LogP contribution in [0.25, 0.3) is 0 Å². The lowest BCUT2D eigenvalue weighted by atomic mass is 9.95. The second-order valence-corrected chi connectivity index (χ2v) is 6.16. The summed E-state index contributed by atoms with van der Waals surface area (Å²) in [5, 5.41) is 3.29. The molecule has 1 N–H and O–H groups in total. The normalized spacial score (nSPS) is 15.9. The molecule has 0 aromatic rings. The van der Waals surface area contributed by atoms with Crippen LogP contribution in [0.4, 0.5) is 0 Å². The molecule has 0 fully saturated rings. The van der Waals surface area contributed by atoms with E-state index < -0.39 is 5.54 Å². The van der Waals surface area contributed by atoms with Crippen molar-refractivity contribution in [3.05, 3.63) is 0 Å². The third-order valence-electron chi connectivity index (χ3n) is 3.43. The highest BCUT2D eigenvalue weighted by molar-refractivity contribution is 5.80. The van der Waals surface area contributed by atoms with Gasteiger partial charge in [0, 0.05) is 6.61 Å². The number of esters is 1. The van der Waals surface area contributed by atoms with Gasteiger partial charge in [-0.05, 0) is 52.0 Å². The summed E-state index contributed by atoms with van der Waals surface area (Å²) in [6.07, 6.45) is 3.93. The zero-order valence-electron chi connectivity index (χ0n) is 14.1. The predicted octanol–water partition coefficient (Wildman–Crippen LogP) is 3.15. The number of rotatable bonds is 11. The fraction of sp³-hybridized carbons (Fsp3) is 0.938. The summed E-state index contributed by atoms with van der Waals surface area (Å²) in [6.45, 7) is 12.0. The highest BCUT2D eigenvalue weighted by Crippen LogP contribution is 2.16. The number of hydrogen-bond donors (Lipinski definition) is 1. The minimum atomic E-state index is -0.602. The maximum atomic E-state index is 11.9. The fourth-order valence-electron chi connectivity index (χ4n) is 2.33. The monoisotopic (exact) mass is 287 g/mol. The minimum absolute atomic E-state index is 0.193. The zero-order chi connectivity index (χ0) is 15.6. The van der Waals surface area contributed by atoms with Gasteiger partial charge in [0.15, 0.2) is 0 Å². The van der Waals surface area contributed by atoms with E-state index in [4.69, 9.17) is 9.47 Å². The van der Waals surface area contributed by atoms with E-state index in [1.54, 1.807) is 0 Å². The SMILES string of the molecule is CCCNC(C)(CCCOC(C)CC(C)C)C(=O)OC. The van der Waals surface area contributed by atoms with Gasteiger partial charge < -0.3 is 14.8 Å². The topological polar surface area (TPSA) is 47.6 Å². The van der Waals surface area contributed by atoms with Gasteiger partial charge in [0.1, 0.15) is 5.54 Å². The highest BCUT2D eigenvalue weighted by Gasteiger charge is 2.32. The van der Waals surface area contributed by atoms with Gasteiger partial charge in [-0.25, -0.2) is 0 Å². The van der Waals surface area contributed by atoms with Crippen molar-refractivity contribution in [1.82, 2.24) is 5.32 Å². The molecule has 0 aliphatic carbocycles. The van der Waals surface area contributed by atoms with Gasteiger partial charge in [0.05, 0.1) is 13.2 Å². The van der Waals surface area contributed by atoms with Gasteiger partial charge in [0.25, 0.3) is 0 Å². The van der Waals surface area contributed by atoms with Gasteiger partial charge in [0.2, 0.25) is 0 Å². The second kappa shape index (κ2) is 10.2. The van der Waals surface area contributed by atoms with Gasteiger partial charge >= 0.3 is 5.97 Å². The lowest BCUT2D eigenvalue weighted by molar-refractivity contribution is -0.148. The number of carbonyl (C=O) groups excluding carboxylic acids is 1. The maximum Gasteiger partial charge on any atom is 0.325 e. The third-order valence-corrected chi connectivity index (χ3v) is 3.43. The van der Waals surface area contributed by atoms with E-state index in [2.05, 4.69) is 33.0 Å². The predicted molar refractivity (Wildman–Crippen MR) is 82.8 cm³/mol. The molecule has 0 radical (unpaired) electrons. The summed E-state index contributed by atoms with van der Waals surface area (Å²) in [4.78, 5) is 11.9. The van der Waals surface area contributed by atoms with E-state index >= 15 is 0 Å². The first kappa shape index (κ1) is 19.4. The Morgan fingerprint density at radius 1 is 1.30 bits per heavy atom. The van der Waals surface area contributed by atoms with E-state index in [1.807, 2.05) is 6.92 Å². The van der Waals surface area contributed by atoms with E-state index in [1.165, 1.54) is 7.11 Å². The number of ether oxygens (including phenoxy) is 2. The standard InChI is InChI=1S/C16H33NO3/c1-7-10-17-16(5,15(18)19-6)9-8-11-20-14(4)12-13(2)3/h13-14,17H,7-12H2,1-6H3. The number of nitrogens with one attached hydrogen (secondary N) is 1. The summed E-state index contributed by atoms with van der Waals surface area (Å²) < 4.78 is 10.7. The molecular weight excluding hydrogens is 254 g/mol. The Bertz CT molecular complexity index is 268. The van der Waals surface area contributed by atoms with E-state index in [0.29, 0.717) is 12.5 Å². The number of hydrogen-bond acceptors (Lipinski definition) is 4. The van der Waals surface area contributed by atoms with Crippen LogP contribution in [-0.2, 0) is 14.3 Å². The molecule has 0 spiro atoms. The molecule has 4 heteroatoms. The third kappa shape index (κ3) is 7.85. The van der Waals surface area contributed by atoms with Gasteiger partial charge in [-0.1, -0.05) is 20.8 Å². The molecule has 0 saturated heterocycles. The Balaban J connectivity index is 4.11. The molecular formula is C16H33NO3. The van der Waals surface area contributed by atoms with Crippen LogP contribution in [-0.4, -0.2) is 37.9 Å². The molecule has 0 aromatic carbocycles. The molecule has 0 aliphatic rings. The molecule has 2 unspecified atom stereocenters. The summed E-state index contributed by atoms with van der Waals surface area (Å²) in [5.74, 6) is 0.456. The molecule has 0 heterocycles. The van der Waals surface area contributed by atoms with Crippen molar-refractivity contribution in [3.8, 4) is 0 Å². The Morgan fingerprint density at radius 2 is 1.95 bits per heavy atom. The Kier molecular flexibility index (Phi) is 9.86. The second-order valence-electron chi connectivity index (χ2n) is 6.16. The van der Waals surface area contributed by atoms with Crippen LogP contribution in [0.5, 0.6) is 0 Å². The average Bonchev–Trinajstić information content (AvgIpc) is 2.39. The molecule has 0 saturated carbocycles. The maximum absolute atomic E-state index is 11.9. The molecule has 2 atom stereocenters. The first-order valence-electron chi connectivity index (χ1n) is 7.80. The molecule has 20 heavy (non-hydrogen) atoms. The van der Waals surface area contributed by atoms with Crippen molar-refractivity contribution < 1.29 is 14.3 Å². The van der Waals surface area contributed by atoms with Crippen LogP contribution >= 0.6 is 0 Å². The van der Waals surface area contributed by atoms with Crippen LogP contribution in [0.2, 0.25) is 0 Å². The number of methoxy groups -OCH3 is 1. The molecule has 4 nitrogen and oxygen atoms in total. The van der Waals surface area contributed by atoms with Crippen LogP contribution in [0.1, 0.15) is 60.3 Å². The lowest BCUT2D eigenvalue weighted by Crippen LogP contribution is -2.50. The van der Waals surface area contributed by atoms with Gasteiger partial charge in [-0.2, -0.15) is 0 Å². The van der Waals surface area contributed by atoms with Crippen molar-refractivity contribution in [3.63, 3.8) is 0 Å². The zero-order valence-corrected chi connectivity index (χ0v) is 14.1. The van der Waals surface area contributed by atoms with Crippen LogP contribution < -0.4 is 5.32 Å². The molecule has 0 aliphatic heterocycles. The van der Waals surface area contributed by atoms with Gasteiger partial charge in [-0.3, -0.25) is 4.79 Å². The van der Waals surface area contributed by atoms with Crippen molar-refractivity contribution in [2.45, 2.75) is 71.9 Å². The largest absolute Gasteiger partial charge is 0.468 e.